The van der Waals surface area contributed by atoms with E-state index in [9.17, 15) is 4.79 Å². The molecule has 120 valence electrons. The molecule has 0 saturated heterocycles. The Morgan fingerprint density at radius 3 is 2.57 bits per heavy atom. The topological polar surface area (TPSA) is 32.7 Å². The van der Waals surface area contributed by atoms with Crippen LogP contribution in [0.25, 0.3) is 0 Å². The van der Waals surface area contributed by atoms with Crippen LogP contribution < -0.4 is 0 Å². The van der Waals surface area contributed by atoms with Crippen LogP contribution in [-0.4, -0.2) is 16.6 Å². The van der Waals surface area contributed by atoms with Crippen molar-refractivity contribution in [3.8, 4) is 0 Å². The molecule has 3 nitrogen and oxygen atoms in total. The van der Waals surface area contributed by atoms with Crippen molar-refractivity contribution in [3.05, 3.63) is 58.3 Å². The second kappa shape index (κ2) is 7.09. The summed E-state index contributed by atoms with van der Waals surface area (Å²) in [5, 5.41) is 8.53. The first-order chi connectivity index (χ1) is 11.2. The summed E-state index contributed by atoms with van der Waals surface area (Å²) in [5.41, 5.74) is 2.11. The number of hydrazone groups is 1. The maximum Gasteiger partial charge on any atom is 0.246 e. The third kappa shape index (κ3) is 3.22. The minimum atomic E-state index is 0.0401. The number of benzene rings is 1. The molecular weight excluding hydrogens is 304 g/mol. The summed E-state index contributed by atoms with van der Waals surface area (Å²) < 4.78 is 0. The molecule has 0 spiro atoms. The van der Waals surface area contributed by atoms with Gasteiger partial charge in [-0.3, -0.25) is 4.79 Å². The predicted octanol–water partition coefficient (Wildman–Crippen LogP) is 4.86. The molecule has 0 radical (unpaired) electrons. The zero-order valence-corrected chi connectivity index (χ0v) is 14.4. The lowest BCUT2D eigenvalue weighted by Gasteiger charge is -2.24. The van der Waals surface area contributed by atoms with E-state index in [-0.39, 0.29) is 17.9 Å². The molecule has 1 aliphatic rings. The predicted molar refractivity (Wildman–Crippen MR) is 95.6 cm³/mol. The van der Waals surface area contributed by atoms with E-state index in [0.717, 1.165) is 30.5 Å². The van der Waals surface area contributed by atoms with Gasteiger partial charge in [-0.1, -0.05) is 50.2 Å². The Labute approximate surface area is 141 Å². The van der Waals surface area contributed by atoms with E-state index in [4.69, 9.17) is 5.10 Å². The summed E-state index contributed by atoms with van der Waals surface area (Å²) in [6.45, 7) is 4.15. The molecule has 1 aromatic heterocycles. The highest BCUT2D eigenvalue weighted by atomic mass is 32.1. The maximum atomic E-state index is 12.9. The van der Waals surface area contributed by atoms with Crippen molar-refractivity contribution in [1.82, 2.24) is 5.01 Å². The lowest BCUT2D eigenvalue weighted by atomic mass is 10.00. The Morgan fingerprint density at radius 2 is 1.96 bits per heavy atom. The lowest BCUT2D eigenvalue weighted by Crippen LogP contribution is -2.32. The van der Waals surface area contributed by atoms with Gasteiger partial charge in [-0.2, -0.15) is 5.10 Å². The van der Waals surface area contributed by atoms with Gasteiger partial charge in [-0.15, -0.1) is 11.3 Å². The molecule has 2 heterocycles. The number of hydrogen-bond donors (Lipinski definition) is 0. The van der Waals surface area contributed by atoms with Crippen molar-refractivity contribution >= 4 is 23.0 Å². The zero-order valence-electron chi connectivity index (χ0n) is 13.6. The molecule has 0 bridgehead atoms. The SMILES string of the molecule is CCC(CC)C(=O)N1N=C(c2ccccc2)CC1c1cccs1. The Bertz CT molecular complexity index is 675. The molecule has 1 unspecified atom stereocenters. The fourth-order valence-corrected chi connectivity index (χ4v) is 3.86. The van der Waals surface area contributed by atoms with E-state index in [1.807, 2.05) is 24.3 Å². The first-order valence-electron chi connectivity index (χ1n) is 8.24. The number of rotatable bonds is 5. The van der Waals surface area contributed by atoms with Crippen molar-refractivity contribution in [2.24, 2.45) is 11.0 Å². The van der Waals surface area contributed by atoms with Crippen molar-refractivity contribution in [1.29, 1.82) is 0 Å². The molecule has 0 aliphatic carbocycles. The first-order valence-corrected chi connectivity index (χ1v) is 9.11. The number of nitrogens with zero attached hydrogens (tertiary/aromatic N) is 2. The second-order valence-electron chi connectivity index (χ2n) is 5.84. The Kier molecular flexibility index (Phi) is 4.91. The number of carbonyl (C=O) groups excluding carboxylic acids is 1. The fraction of sp³-hybridized carbons (Fsp3) is 0.368. The summed E-state index contributed by atoms with van der Waals surface area (Å²) in [6, 6.07) is 14.4. The van der Waals surface area contributed by atoms with Gasteiger partial charge in [-0.25, -0.2) is 5.01 Å². The van der Waals surface area contributed by atoms with E-state index in [1.165, 1.54) is 4.88 Å². The number of thiophene rings is 1. The third-order valence-corrected chi connectivity index (χ3v) is 5.42. The van der Waals surface area contributed by atoms with Crippen LogP contribution >= 0.6 is 11.3 Å². The largest absolute Gasteiger partial charge is 0.273 e. The molecule has 0 N–H and O–H groups in total. The average Bonchev–Trinajstić information content (AvgIpc) is 3.26. The monoisotopic (exact) mass is 326 g/mol. The van der Waals surface area contributed by atoms with E-state index in [1.54, 1.807) is 16.3 Å². The number of hydrogen-bond acceptors (Lipinski definition) is 3. The molecule has 0 fully saturated rings. The zero-order chi connectivity index (χ0) is 16.2. The molecular formula is C19H22N2OS. The van der Waals surface area contributed by atoms with Crippen molar-refractivity contribution in [2.75, 3.05) is 0 Å². The van der Waals surface area contributed by atoms with Crippen molar-refractivity contribution in [2.45, 2.75) is 39.2 Å². The second-order valence-corrected chi connectivity index (χ2v) is 6.82. The quantitative estimate of drug-likeness (QED) is 0.772. The summed E-state index contributed by atoms with van der Waals surface area (Å²) in [6.07, 6.45) is 2.51. The van der Waals surface area contributed by atoms with Crippen LogP contribution in [0.15, 0.2) is 52.9 Å². The maximum absolute atomic E-state index is 12.9. The van der Waals surface area contributed by atoms with Crippen LogP contribution in [0.4, 0.5) is 0 Å². The van der Waals surface area contributed by atoms with Gasteiger partial charge in [0.2, 0.25) is 5.91 Å². The summed E-state index contributed by atoms with van der Waals surface area (Å²) in [7, 11) is 0. The van der Waals surface area contributed by atoms with Gasteiger partial charge in [0, 0.05) is 17.2 Å². The highest BCUT2D eigenvalue weighted by Gasteiger charge is 2.35. The molecule has 2 aromatic rings. The normalized spacial score (nSPS) is 17.6. The van der Waals surface area contributed by atoms with Crippen LogP contribution in [0.2, 0.25) is 0 Å². The van der Waals surface area contributed by atoms with Crippen molar-refractivity contribution < 1.29 is 4.79 Å². The highest BCUT2D eigenvalue weighted by Crippen LogP contribution is 2.36. The molecule has 4 heteroatoms. The number of carbonyl (C=O) groups is 1. The average molecular weight is 326 g/mol. The van der Waals surface area contributed by atoms with E-state index >= 15 is 0 Å². The molecule has 0 saturated carbocycles. The van der Waals surface area contributed by atoms with Gasteiger partial charge in [0.25, 0.3) is 0 Å². The van der Waals surface area contributed by atoms with Crippen molar-refractivity contribution in [3.63, 3.8) is 0 Å². The minimum Gasteiger partial charge on any atom is -0.273 e. The fourth-order valence-electron chi connectivity index (χ4n) is 3.05. The Balaban J connectivity index is 1.93. The Morgan fingerprint density at radius 1 is 1.22 bits per heavy atom. The highest BCUT2D eigenvalue weighted by molar-refractivity contribution is 7.10. The summed E-state index contributed by atoms with van der Waals surface area (Å²) >= 11 is 1.70. The van der Waals surface area contributed by atoms with Gasteiger partial charge in [0.15, 0.2) is 0 Å². The third-order valence-electron chi connectivity index (χ3n) is 4.45. The van der Waals surface area contributed by atoms with Crippen LogP contribution in [-0.2, 0) is 4.79 Å². The molecule has 1 atom stereocenters. The minimum absolute atomic E-state index is 0.0401. The van der Waals surface area contributed by atoms with Gasteiger partial charge < -0.3 is 0 Å². The summed E-state index contributed by atoms with van der Waals surface area (Å²) in [5.74, 6) is 0.204. The molecule has 23 heavy (non-hydrogen) atoms. The number of amides is 1. The summed E-state index contributed by atoms with van der Waals surface area (Å²) in [4.78, 5) is 14.1. The van der Waals surface area contributed by atoms with Gasteiger partial charge in [0.05, 0.1) is 11.8 Å². The van der Waals surface area contributed by atoms with E-state index in [0.29, 0.717) is 0 Å². The molecule has 1 aliphatic heterocycles. The molecule has 1 amide bonds. The van der Waals surface area contributed by atoms with Crippen LogP contribution in [0.3, 0.4) is 0 Å². The smallest absolute Gasteiger partial charge is 0.246 e. The standard InChI is InChI=1S/C19H22N2OS/c1-3-14(4-2)19(22)21-17(18-11-8-12-23-18)13-16(20-21)15-9-6-5-7-10-15/h5-12,14,17H,3-4,13H2,1-2H3. The van der Waals surface area contributed by atoms with E-state index < -0.39 is 0 Å². The van der Waals surface area contributed by atoms with Crippen LogP contribution in [0.5, 0.6) is 0 Å². The van der Waals surface area contributed by atoms with E-state index in [2.05, 4.69) is 37.4 Å². The van der Waals surface area contributed by atoms with Gasteiger partial charge in [0.1, 0.15) is 0 Å². The molecule has 3 rings (SSSR count). The lowest BCUT2D eigenvalue weighted by molar-refractivity contribution is -0.137. The molecule has 1 aromatic carbocycles. The van der Waals surface area contributed by atoms with Gasteiger partial charge in [-0.05, 0) is 29.9 Å². The van der Waals surface area contributed by atoms with Gasteiger partial charge >= 0.3 is 0 Å². The Hall–Kier alpha value is -1.94. The van der Waals surface area contributed by atoms with Crippen LogP contribution in [0.1, 0.15) is 49.6 Å². The van der Waals surface area contributed by atoms with Crippen LogP contribution in [0, 0.1) is 5.92 Å². The first kappa shape index (κ1) is 15.9.